The van der Waals surface area contributed by atoms with Gasteiger partial charge in [-0.25, -0.2) is 9.87 Å². The first-order valence-corrected chi connectivity index (χ1v) is 8.75. The van der Waals surface area contributed by atoms with Crippen LogP contribution in [0.4, 0.5) is 15.8 Å². The van der Waals surface area contributed by atoms with E-state index in [2.05, 4.69) is 16.1 Å². The summed E-state index contributed by atoms with van der Waals surface area (Å²) in [4.78, 5) is 29.0. The number of aldehydes is 1. The van der Waals surface area contributed by atoms with Crippen LogP contribution in [-0.4, -0.2) is 37.1 Å². The van der Waals surface area contributed by atoms with Gasteiger partial charge in [-0.2, -0.15) is 0 Å². The second-order valence-electron chi connectivity index (χ2n) is 6.44. The van der Waals surface area contributed by atoms with Crippen molar-refractivity contribution in [1.29, 1.82) is 0 Å². The fourth-order valence-corrected chi connectivity index (χ4v) is 2.56. The molecule has 0 saturated heterocycles. The normalized spacial score (nSPS) is 11.8. The lowest BCUT2D eigenvalue weighted by Gasteiger charge is -2.16. The van der Waals surface area contributed by atoms with Crippen molar-refractivity contribution in [3.8, 4) is 0 Å². The van der Waals surface area contributed by atoms with Gasteiger partial charge in [-0.1, -0.05) is 6.07 Å². The summed E-state index contributed by atoms with van der Waals surface area (Å²) in [5.74, 6) is -1.07. The van der Waals surface area contributed by atoms with Gasteiger partial charge in [0.25, 0.3) is 5.91 Å². The smallest absolute Gasteiger partial charge is 0.276 e. The van der Waals surface area contributed by atoms with Crippen LogP contribution in [0.5, 0.6) is 0 Å². The second-order valence-corrected chi connectivity index (χ2v) is 6.44. The van der Waals surface area contributed by atoms with Crippen LogP contribution < -0.4 is 16.1 Å². The van der Waals surface area contributed by atoms with Gasteiger partial charge in [0.1, 0.15) is 18.7 Å². The Kier molecular flexibility index (Phi) is 7.62. The highest BCUT2D eigenvalue weighted by atomic mass is 19.1. The number of hydrogen-bond donors (Lipinski definition) is 4. The zero-order chi connectivity index (χ0) is 20.7. The highest BCUT2D eigenvalue weighted by molar-refractivity contribution is 6.01. The second kappa shape index (κ2) is 9.93. The average molecular weight is 389 g/mol. The summed E-state index contributed by atoms with van der Waals surface area (Å²) >= 11 is 0. The van der Waals surface area contributed by atoms with Gasteiger partial charge in [-0.05, 0) is 56.3 Å². The molecule has 0 bridgehead atoms. The third-order valence-corrected chi connectivity index (χ3v) is 3.90. The Balaban J connectivity index is 2.42. The lowest BCUT2D eigenvalue weighted by molar-refractivity contribution is -0.00683. The predicted octanol–water partition coefficient (Wildman–Crippen LogP) is 2.45. The van der Waals surface area contributed by atoms with Crippen molar-refractivity contribution in [2.45, 2.75) is 26.5 Å². The summed E-state index contributed by atoms with van der Waals surface area (Å²) in [5.41, 5.74) is 4.56. The Morgan fingerprint density at radius 3 is 2.64 bits per heavy atom. The highest BCUT2D eigenvalue weighted by Crippen LogP contribution is 2.27. The molecule has 0 radical (unpaired) electrons. The summed E-state index contributed by atoms with van der Waals surface area (Å²) in [6.07, 6.45) is -0.0774. The molecule has 8 heteroatoms. The molecule has 0 spiro atoms. The molecule has 0 aromatic heterocycles. The topological polar surface area (TPSA) is 99.7 Å². The number of carbonyl (C=O) groups excluding carboxylic acids is 2. The van der Waals surface area contributed by atoms with E-state index in [1.807, 2.05) is 0 Å². The SMILES string of the molecule is CNCc1cc(C(=O)NOC[C@H](C)O)c(Nc2ccc(C)cc2F)cc1C=O. The minimum absolute atomic E-state index is 0.0864. The third kappa shape index (κ3) is 5.59. The van der Waals surface area contributed by atoms with Crippen molar-refractivity contribution in [2.24, 2.45) is 0 Å². The molecule has 0 aliphatic heterocycles. The van der Waals surface area contributed by atoms with Gasteiger partial charge in [-0.3, -0.25) is 14.4 Å². The molecule has 28 heavy (non-hydrogen) atoms. The van der Waals surface area contributed by atoms with Gasteiger partial charge in [0.15, 0.2) is 0 Å². The fraction of sp³-hybridized carbons (Fsp3) is 0.300. The number of rotatable bonds is 9. The monoisotopic (exact) mass is 389 g/mol. The van der Waals surface area contributed by atoms with E-state index < -0.39 is 17.8 Å². The van der Waals surface area contributed by atoms with Crippen LogP contribution in [0.3, 0.4) is 0 Å². The van der Waals surface area contributed by atoms with Gasteiger partial charge in [0.2, 0.25) is 0 Å². The predicted molar refractivity (Wildman–Crippen MR) is 104 cm³/mol. The lowest BCUT2D eigenvalue weighted by atomic mass is 10.0. The Morgan fingerprint density at radius 1 is 1.29 bits per heavy atom. The molecule has 1 atom stereocenters. The van der Waals surface area contributed by atoms with Crippen molar-refractivity contribution in [1.82, 2.24) is 10.8 Å². The summed E-state index contributed by atoms with van der Waals surface area (Å²) in [7, 11) is 1.72. The maximum absolute atomic E-state index is 14.2. The van der Waals surface area contributed by atoms with Crippen LogP contribution in [0.25, 0.3) is 0 Å². The molecule has 4 N–H and O–H groups in total. The standard InChI is InChI=1S/C20H24FN3O4/c1-12-4-5-18(17(21)6-12)23-19-8-15(10-25)14(9-22-3)7-16(19)20(27)24-28-11-13(2)26/h4-8,10,13,22-23,26H,9,11H2,1-3H3,(H,24,27)/t13-/m0/s1. The molecule has 1 amide bonds. The minimum atomic E-state index is -0.753. The van der Waals surface area contributed by atoms with E-state index in [1.54, 1.807) is 26.1 Å². The molecule has 0 heterocycles. The number of nitrogens with one attached hydrogen (secondary N) is 3. The number of halogens is 1. The van der Waals surface area contributed by atoms with Crippen molar-refractivity contribution in [2.75, 3.05) is 19.0 Å². The molecule has 150 valence electrons. The third-order valence-electron chi connectivity index (χ3n) is 3.90. The van der Waals surface area contributed by atoms with Crippen LogP contribution in [-0.2, 0) is 11.4 Å². The van der Waals surface area contributed by atoms with E-state index in [9.17, 15) is 19.1 Å². The summed E-state index contributed by atoms with van der Waals surface area (Å²) in [6, 6.07) is 7.67. The first-order chi connectivity index (χ1) is 13.3. The molecule has 2 aromatic rings. The number of amides is 1. The van der Waals surface area contributed by atoms with Crippen molar-refractivity contribution in [3.05, 3.63) is 58.4 Å². The first kappa shape index (κ1) is 21.5. The number of benzene rings is 2. The molecule has 0 unspecified atom stereocenters. The number of aliphatic hydroxyl groups excluding tert-OH is 1. The van der Waals surface area contributed by atoms with E-state index >= 15 is 0 Å². The van der Waals surface area contributed by atoms with Crippen molar-refractivity contribution in [3.63, 3.8) is 0 Å². The number of hydroxylamine groups is 1. The number of anilines is 2. The molecular formula is C20H24FN3O4. The maximum Gasteiger partial charge on any atom is 0.276 e. The largest absolute Gasteiger partial charge is 0.391 e. The van der Waals surface area contributed by atoms with Gasteiger partial charge in [-0.15, -0.1) is 0 Å². The van der Waals surface area contributed by atoms with Gasteiger partial charge >= 0.3 is 0 Å². The van der Waals surface area contributed by atoms with E-state index in [1.165, 1.54) is 25.1 Å². The molecule has 0 saturated carbocycles. The van der Waals surface area contributed by atoms with E-state index in [0.717, 1.165) is 5.56 Å². The summed E-state index contributed by atoms with van der Waals surface area (Å²) in [5, 5.41) is 15.0. The molecule has 0 fully saturated rings. The molecule has 2 rings (SSSR count). The zero-order valence-corrected chi connectivity index (χ0v) is 16.0. The molecule has 7 nitrogen and oxygen atoms in total. The van der Waals surface area contributed by atoms with Crippen LogP contribution in [0.15, 0.2) is 30.3 Å². The van der Waals surface area contributed by atoms with E-state index in [-0.39, 0.29) is 23.5 Å². The van der Waals surface area contributed by atoms with Gasteiger partial charge < -0.3 is 15.7 Å². The maximum atomic E-state index is 14.2. The lowest BCUT2D eigenvalue weighted by Crippen LogP contribution is -2.28. The van der Waals surface area contributed by atoms with Crippen molar-refractivity contribution < 1.29 is 23.9 Å². The Hall–Kier alpha value is -2.81. The Labute approximate surface area is 162 Å². The number of aliphatic hydroxyl groups is 1. The van der Waals surface area contributed by atoms with E-state index in [4.69, 9.17) is 4.84 Å². The van der Waals surface area contributed by atoms with Crippen LogP contribution in [0, 0.1) is 12.7 Å². The van der Waals surface area contributed by atoms with E-state index in [0.29, 0.717) is 24.0 Å². The molecule has 0 aliphatic rings. The fourth-order valence-electron chi connectivity index (χ4n) is 2.56. The van der Waals surface area contributed by atoms with Gasteiger partial charge in [0.05, 0.1) is 23.0 Å². The minimum Gasteiger partial charge on any atom is -0.391 e. The zero-order valence-electron chi connectivity index (χ0n) is 16.0. The molecule has 2 aromatic carbocycles. The van der Waals surface area contributed by atoms with Crippen molar-refractivity contribution >= 4 is 23.6 Å². The molecular weight excluding hydrogens is 365 g/mol. The summed E-state index contributed by atoms with van der Waals surface area (Å²) < 4.78 is 14.2. The Bertz CT molecular complexity index is 856. The number of aryl methyl sites for hydroxylation is 1. The van der Waals surface area contributed by atoms with Crippen LogP contribution >= 0.6 is 0 Å². The quantitative estimate of drug-likeness (QED) is 0.388. The average Bonchev–Trinajstić information content (AvgIpc) is 2.64. The van der Waals surface area contributed by atoms with Crippen LogP contribution in [0.2, 0.25) is 0 Å². The Morgan fingerprint density at radius 2 is 2.04 bits per heavy atom. The number of carbonyl (C=O) groups is 2. The first-order valence-electron chi connectivity index (χ1n) is 8.75. The highest BCUT2D eigenvalue weighted by Gasteiger charge is 2.17. The number of hydrogen-bond acceptors (Lipinski definition) is 6. The summed E-state index contributed by atoms with van der Waals surface area (Å²) in [6.45, 7) is 3.56. The van der Waals surface area contributed by atoms with Crippen LogP contribution in [0.1, 0.15) is 38.8 Å². The molecule has 0 aliphatic carbocycles. The van der Waals surface area contributed by atoms with Gasteiger partial charge in [0, 0.05) is 12.1 Å².